The number of hydrogen-bond acceptors (Lipinski definition) is 4. The molecule has 60 valence electrons. The lowest BCUT2D eigenvalue weighted by atomic mass is 10.1. The van der Waals surface area contributed by atoms with Crippen LogP contribution in [-0.2, 0) is 4.84 Å². The van der Waals surface area contributed by atoms with Crippen LogP contribution < -0.4 is 5.73 Å². The molecule has 0 aliphatic heterocycles. The van der Waals surface area contributed by atoms with Crippen molar-refractivity contribution in [2.24, 2.45) is 11.7 Å². The highest BCUT2D eigenvalue weighted by Gasteiger charge is 2.08. The second kappa shape index (κ2) is 4.05. The van der Waals surface area contributed by atoms with Gasteiger partial charge >= 0.3 is 0 Å². The SMILES string of the molecule is CC(C)[C@H](N)CO[N+](=O)[O-]. The molecule has 2 N–H and O–H groups in total. The molecule has 0 aliphatic carbocycles. The van der Waals surface area contributed by atoms with Crippen LogP contribution in [0.2, 0.25) is 0 Å². The van der Waals surface area contributed by atoms with Crippen LogP contribution in [-0.4, -0.2) is 17.7 Å². The van der Waals surface area contributed by atoms with Crippen molar-refractivity contribution in [3.8, 4) is 0 Å². The van der Waals surface area contributed by atoms with E-state index in [2.05, 4.69) is 4.84 Å². The molecule has 5 nitrogen and oxygen atoms in total. The Hall–Kier alpha value is -0.840. The molecule has 0 saturated heterocycles. The van der Waals surface area contributed by atoms with Gasteiger partial charge in [-0.3, -0.25) is 0 Å². The maximum absolute atomic E-state index is 9.65. The summed E-state index contributed by atoms with van der Waals surface area (Å²) in [7, 11) is 0. The van der Waals surface area contributed by atoms with Gasteiger partial charge in [0.25, 0.3) is 5.09 Å². The first-order valence-corrected chi connectivity index (χ1v) is 3.07. The van der Waals surface area contributed by atoms with Crippen LogP contribution in [0.4, 0.5) is 0 Å². The Labute approximate surface area is 59.3 Å². The van der Waals surface area contributed by atoms with Crippen molar-refractivity contribution in [1.29, 1.82) is 0 Å². The van der Waals surface area contributed by atoms with Crippen molar-refractivity contribution in [1.82, 2.24) is 0 Å². The minimum Gasteiger partial charge on any atom is -0.326 e. The fraction of sp³-hybridized carbons (Fsp3) is 1.00. The van der Waals surface area contributed by atoms with E-state index in [-0.39, 0.29) is 18.6 Å². The molecular weight excluding hydrogens is 136 g/mol. The molecule has 0 aromatic heterocycles. The molecule has 0 spiro atoms. The Bertz CT molecular complexity index is 115. The average molecular weight is 148 g/mol. The van der Waals surface area contributed by atoms with E-state index in [9.17, 15) is 10.1 Å². The van der Waals surface area contributed by atoms with Crippen LogP contribution in [0.3, 0.4) is 0 Å². The molecule has 0 aliphatic rings. The third kappa shape index (κ3) is 4.08. The van der Waals surface area contributed by atoms with Gasteiger partial charge in [-0.05, 0) is 5.92 Å². The van der Waals surface area contributed by atoms with E-state index in [1.54, 1.807) is 0 Å². The minimum atomic E-state index is -0.831. The van der Waals surface area contributed by atoms with Crippen LogP contribution in [0.1, 0.15) is 13.8 Å². The van der Waals surface area contributed by atoms with E-state index in [0.29, 0.717) is 0 Å². The number of hydrogen-bond donors (Lipinski definition) is 1. The molecule has 0 aromatic carbocycles. The Morgan fingerprint density at radius 1 is 1.70 bits per heavy atom. The summed E-state index contributed by atoms with van der Waals surface area (Å²) in [6.07, 6.45) is 0. The summed E-state index contributed by atoms with van der Waals surface area (Å²) in [4.78, 5) is 13.7. The zero-order valence-corrected chi connectivity index (χ0v) is 6.11. The summed E-state index contributed by atoms with van der Waals surface area (Å²) in [5.74, 6) is 0.208. The summed E-state index contributed by atoms with van der Waals surface area (Å²) in [5.41, 5.74) is 5.44. The van der Waals surface area contributed by atoms with Gasteiger partial charge in [0, 0.05) is 6.04 Å². The van der Waals surface area contributed by atoms with Crippen molar-refractivity contribution in [2.75, 3.05) is 6.61 Å². The zero-order chi connectivity index (χ0) is 8.15. The molecule has 0 aromatic rings. The second-order valence-corrected chi connectivity index (χ2v) is 2.43. The molecule has 0 rings (SSSR count). The third-order valence-electron chi connectivity index (χ3n) is 1.23. The van der Waals surface area contributed by atoms with Crippen molar-refractivity contribution in [3.63, 3.8) is 0 Å². The van der Waals surface area contributed by atoms with Crippen LogP contribution in [0.5, 0.6) is 0 Å². The largest absolute Gasteiger partial charge is 0.326 e. The zero-order valence-electron chi connectivity index (χ0n) is 6.11. The monoisotopic (exact) mass is 148 g/mol. The van der Waals surface area contributed by atoms with E-state index in [0.717, 1.165) is 0 Å². The van der Waals surface area contributed by atoms with Gasteiger partial charge in [0.05, 0.1) is 0 Å². The molecule has 0 bridgehead atoms. The summed E-state index contributed by atoms with van der Waals surface area (Å²) in [5, 5.41) is 8.82. The van der Waals surface area contributed by atoms with Gasteiger partial charge in [-0.1, -0.05) is 13.8 Å². The molecule has 0 unspecified atom stereocenters. The highest BCUT2D eigenvalue weighted by atomic mass is 16.9. The number of nitrogens with zero attached hydrogens (tertiary/aromatic N) is 1. The molecule has 5 heteroatoms. The fourth-order valence-electron chi connectivity index (χ4n) is 0.339. The highest BCUT2D eigenvalue weighted by molar-refractivity contribution is 4.62. The Morgan fingerprint density at radius 3 is 2.50 bits per heavy atom. The van der Waals surface area contributed by atoms with E-state index < -0.39 is 5.09 Å². The van der Waals surface area contributed by atoms with Crippen LogP contribution >= 0.6 is 0 Å². The Balaban J connectivity index is 3.39. The minimum absolute atomic E-state index is 0.0231. The normalized spacial score (nSPS) is 13.2. The van der Waals surface area contributed by atoms with E-state index >= 15 is 0 Å². The molecule has 0 amide bonds. The van der Waals surface area contributed by atoms with E-state index in [4.69, 9.17) is 5.73 Å². The topological polar surface area (TPSA) is 78.4 Å². The van der Waals surface area contributed by atoms with Gasteiger partial charge in [0.1, 0.15) is 6.61 Å². The molecule has 0 saturated carbocycles. The first-order chi connectivity index (χ1) is 4.54. The standard InChI is InChI=1S/C5H12N2O3/c1-4(2)5(6)3-10-7(8)9/h4-5H,3,6H2,1-2H3/t5-/m1/s1. The van der Waals surface area contributed by atoms with Crippen molar-refractivity contribution >= 4 is 0 Å². The van der Waals surface area contributed by atoms with Gasteiger partial charge < -0.3 is 10.6 Å². The summed E-state index contributed by atoms with van der Waals surface area (Å²) in [6, 6.07) is -0.259. The smallest absolute Gasteiger partial charge is 0.294 e. The number of rotatable bonds is 4. The maximum atomic E-state index is 9.65. The van der Waals surface area contributed by atoms with Crippen molar-refractivity contribution in [3.05, 3.63) is 10.1 Å². The summed E-state index contributed by atoms with van der Waals surface area (Å²) in [6.45, 7) is 3.74. The lowest BCUT2D eigenvalue weighted by Crippen LogP contribution is -2.32. The van der Waals surface area contributed by atoms with E-state index in [1.165, 1.54) is 0 Å². The summed E-state index contributed by atoms with van der Waals surface area (Å²) < 4.78 is 0. The molecule has 1 atom stereocenters. The lowest BCUT2D eigenvalue weighted by molar-refractivity contribution is -0.758. The molecule has 0 fully saturated rings. The maximum Gasteiger partial charge on any atom is 0.294 e. The van der Waals surface area contributed by atoms with Crippen LogP contribution in [0, 0.1) is 16.0 Å². The summed E-state index contributed by atoms with van der Waals surface area (Å²) >= 11 is 0. The number of nitrogens with two attached hydrogens (primary N) is 1. The van der Waals surface area contributed by atoms with Gasteiger partial charge in [-0.15, -0.1) is 10.1 Å². The van der Waals surface area contributed by atoms with Gasteiger partial charge in [-0.25, -0.2) is 0 Å². The Kier molecular flexibility index (Phi) is 3.71. The quantitative estimate of drug-likeness (QED) is 0.455. The van der Waals surface area contributed by atoms with Crippen LogP contribution in [0.25, 0.3) is 0 Å². The average Bonchev–Trinajstić information content (AvgIpc) is 1.82. The van der Waals surface area contributed by atoms with Gasteiger partial charge in [0.15, 0.2) is 0 Å². The molecular formula is C5H12N2O3. The molecule has 10 heavy (non-hydrogen) atoms. The fourth-order valence-corrected chi connectivity index (χ4v) is 0.339. The van der Waals surface area contributed by atoms with Gasteiger partial charge in [-0.2, -0.15) is 0 Å². The lowest BCUT2D eigenvalue weighted by Gasteiger charge is -2.12. The van der Waals surface area contributed by atoms with Crippen molar-refractivity contribution in [2.45, 2.75) is 19.9 Å². The first-order valence-electron chi connectivity index (χ1n) is 3.07. The predicted octanol–water partition coefficient (Wildman–Crippen LogP) is 0.178. The third-order valence-corrected chi connectivity index (χ3v) is 1.23. The second-order valence-electron chi connectivity index (χ2n) is 2.43. The van der Waals surface area contributed by atoms with Crippen LogP contribution in [0.15, 0.2) is 0 Å². The Morgan fingerprint density at radius 2 is 2.20 bits per heavy atom. The molecule has 0 heterocycles. The van der Waals surface area contributed by atoms with Gasteiger partial charge in [0.2, 0.25) is 0 Å². The first kappa shape index (κ1) is 9.16. The van der Waals surface area contributed by atoms with Crippen molar-refractivity contribution < 1.29 is 9.92 Å². The van der Waals surface area contributed by atoms with E-state index in [1.807, 2.05) is 13.8 Å². The highest BCUT2D eigenvalue weighted by Crippen LogP contribution is 1.97. The molecule has 0 radical (unpaired) electrons. The predicted molar refractivity (Wildman–Crippen MR) is 35.8 cm³/mol.